The third-order valence-electron chi connectivity index (χ3n) is 5.49. The van der Waals surface area contributed by atoms with Crippen molar-refractivity contribution in [2.75, 3.05) is 19.8 Å². The van der Waals surface area contributed by atoms with Crippen molar-refractivity contribution in [1.29, 1.82) is 0 Å². The van der Waals surface area contributed by atoms with E-state index < -0.39 is 24.3 Å². The summed E-state index contributed by atoms with van der Waals surface area (Å²) in [5.41, 5.74) is -0.621. The molecule has 0 aromatic carbocycles. The predicted octanol–water partition coefficient (Wildman–Crippen LogP) is 2.38. The highest BCUT2D eigenvalue weighted by atomic mass is 16.6. The van der Waals surface area contributed by atoms with E-state index in [9.17, 15) is 14.7 Å². The van der Waals surface area contributed by atoms with Crippen LogP contribution in [0.1, 0.15) is 52.9 Å². The molecule has 2 heterocycles. The molecule has 0 radical (unpaired) electrons. The van der Waals surface area contributed by atoms with E-state index >= 15 is 0 Å². The Kier molecular flexibility index (Phi) is 5.40. The van der Waals surface area contributed by atoms with Gasteiger partial charge in [-0.2, -0.15) is 0 Å². The summed E-state index contributed by atoms with van der Waals surface area (Å²) in [5.74, 6) is 1.24. The molecule has 0 aromatic heterocycles. The van der Waals surface area contributed by atoms with Gasteiger partial charge in [0.25, 0.3) is 0 Å². The van der Waals surface area contributed by atoms with Gasteiger partial charge in [-0.1, -0.05) is 12.8 Å². The van der Waals surface area contributed by atoms with Crippen LogP contribution in [0.4, 0.5) is 4.79 Å². The fourth-order valence-corrected chi connectivity index (χ4v) is 4.26. The van der Waals surface area contributed by atoms with Crippen LogP contribution >= 0.6 is 0 Å². The van der Waals surface area contributed by atoms with Crippen molar-refractivity contribution in [3.63, 3.8) is 0 Å². The zero-order valence-electron chi connectivity index (χ0n) is 15.6. The molecule has 3 fully saturated rings. The zero-order valence-corrected chi connectivity index (χ0v) is 15.6. The van der Waals surface area contributed by atoms with Gasteiger partial charge in [-0.3, -0.25) is 9.69 Å². The van der Waals surface area contributed by atoms with Crippen molar-refractivity contribution >= 4 is 11.9 Å². The largest absolute Gasteiger partial charge is 0.444 e. The molecule has 6 heteroatoms. The van der Waals surface area contributed by atoms with E-state index in [0.29, 0.717) is 19.1 Å². The topological polar surface area (TPSA) is 76.1 Å². The Bertz CT molecular complexity index is 510. The second kappa shape index (κ2) is 7.23. The monoisotopic (exact) mass is 353 g/mol. The molecule has 2 aliphatic heterocycles. The van der Waals surface area contributed by atoms with E-state index in [-0.39, 0.29) is 17.8 Å². The molecule has 2 saturated heterocycles. The molecular formula is C19H31NO5. The first kappa shape index (κ1) is 18.6. The van der Waals surface area contributed by atoms with Crippen LogP contribution in [0.3, 0.4) is 0 Å². The first-order valence-electron chi connectivity index (χ1n) is 9.53. The van der Waals surface area contributed by atoms with Gasteiger partial charge in [0.15, 0.2) is 5.78 Å². The molecular weight excluding hydrogens is 322 g/mol. The SMILES string of the molecule is CC(C)(C)OC(=O)N1C[C@@H]2C[C@H](CC3CC3)CCO[C@H]2[C@H]1C(=O)CO. The molecule has 1 amide bonds. The summed E-state index contributed by atoms with van der Waals surface area (Å²) in [6, 6.07) is -0.732. The molecule has 1 aliphatic carbocycles. The number of carbonyl (C=O) groups excluding carboxylic acids is 2. The molecule has 1 saturated carbocycles. The summed E-state index contributed by atoms with van der Waals surface area (Å²) >= 11 is 0. The van der Waals surface area contributed by atoms with Gasteiger partial charge < -0.3 is 14.6 Å². The fraction of sp³-hybridized carbons (Fsp3) is 0.895. The van der Waals surface area contributed by atoms with Crippen molar-refractivity contribution in [1.82, 2.24) is 4.90 Å². The Balaban J connectivity index is 1.74. The Morgan fingerprint density at radius 1 is 1.20 bits per heavy atom. The standard InChI is InChI=1S/C19H31NO5/c1-19(2,3)25-18(23)20-10-14-9-13(8-12-4-5-12)6-7-24-17(14)16(20)15(22)11-21/h12-14,16-17,21H,4-11H2,1-3H3/t13-,14-,16+,17+/m0/s1. The average molecular weight is 353 g/mol. The Labute approximate surface area is 149 Å². The summed E-state index contributed by atoms with van der Waals surface area (Å²) in [6.07, 6.45) is 5.09. The predicted molar refractivity (Wildman–Crippen MR) is 92.1 cm³/mol. The summed E-state index contributed by atoms with van der Waals surface area (Å²) in [4.78, 5) is 26.4. The summed E-state index contributed by atoms with van der Waals surface area (Å²) in [6.45, 7) is 5.94. The number of nitrogens with zero attached hydrogens (tertiary/aromatic N) is 1. The second-order valence-corrected chi connectivity index (χ2v) is 8.87. The van der Waals surface area contributed by atoms with Gasteiger partial charge >= 0.3 is 6.09 Å². The van der Waals surface area contributed by atoms with Gasteiger partial charge in [0.1, 0.15) is 18.2 Å². The van der Waals surface area contributed by atoms with Crippen LogP contribution in [-0.2, 0) is 14.3 Å². The van der Waals surface area contributed by atoms with Crippen LogP contribution in [0.15, 0.2) is 0 Å². The summed E-state index contributed by atoms with van der Waals surface area (Å²) < 4.78 is 11.5. The lowest BCUT2D eigenvalue weighted by atomic mass is 9.86. The van der Waals surface area contributed by atoms with Crippen LogP contribution in [-0.4, -0.2) is 59.4 Å². The third kappa shape index (κ3) is 4.53. The van der Waals surface area contributed by atoms with E-state index in [4.69, 9.17) is 9.47 Å². The number of Topliss-reactive ketones (excluding diaryl/α,β-unsaturated/α-hetero) is 1. The van der Waals surface area contributed by atoms with Gasteiger partial charge in [-0.25, -0.2) is 4.79 Å². The minimum atomic E-state index is -0.732. The van der Waals surface area contributed by atoms with Gasteiger partial charge in [0, 0.05) is 19.1 Å². The molecule has 6 nitrogen and oxygen atoms in total. The normalized spacial score (nSPS) is 32.9. The van der Waals surface area contributed by atoms with Gasteiger partial charge in [-0.05, 0) is 51.9 Å². The van der Waals surface area contributed by atoms with Gasteiger partial charge in [0.05, 0.1) is 6.10 Å². The first-order valence-corrected chi connectivity index (χ1v) is 9.53. The van der Waals surface area contributed by atoms with Crippen molar-refractivity contribution in [3.8, 4) is 0 Å². The van der Waals surface area contributed by atoms with Crippen LogP contribution < -0.4 is 0 Å². The number of likely N-dealkylation sites (tertiary alicyclic amines) is 1. The van der Waals surface area contributed by atoms with E-state index in [2.05, 4.69) is 0 Å². The number of rotatable bonds is 4. The molecule has 0 spiro atoms. The number of hydrogen-bond acceptors (Lipinski definition) is 5. The minimum absolute atomic E-state index is 0.138. The Hall–Kier alpha value is -1.14. The van der Waals surface area contributed by atoms with Crippen LogP contribution in [0.25, 0.3) is 0 Å². The van der Waals surface area contributed by atoms with Crippen LogP contribution in [0.2, 0.25) is 0 Å². The maximum atomic E-state index is 12.6. The quantitative estimate of drug-likeness (QED) is 0.840. The van der Waals surface area contributed by atoms with Gasteiger partial charge in [0.2, 0.25) is 0 Å². The molecule has 3 aliphatic rings. The molecule has 4 atom stereocenters. The molecule has 0 aromatic rings. The molecule has 3 rings (SSSR count). The second-order valence-electron chi connectivity index (χ2n) is 8.87. The van der Waals surface area contributed by atoms with E-state index in [1.165, 1.54) is 24.2 Å². The smallest absolute Gasteiger partial charge is 0.411 e. The number of carbonyl (C=O) groups is 2. The zero-order chi connectivity index (χ0) is 18.2. The number of aliphatic hydroxyl groups is 1. The molecule has 0 unspecified atom stereocenters. The lowest BCUT2D eigenvalue weighted by molar-refractivity contribution is -0.130. The summed E-state index contributed by atoms with van der Waals surface area (Å²) in [5, 5.41) is 9.38. The van der Waals surface area contributed by atoms with E-state index in [0.717, 1.165) is 18.8 Å². The van der Waals surface area contributed by atoms with E-state index in [1.807, 2.05) is 20.8 Å². The summed E-state index contributed by atoms with van der Waals surface area (Å²) in [7, 11) is 0. The molecule has 25 heavy (non-hydrogen) atoms. The first-order chi connectivity index (χ1) is 11.8. The van der Waals surface area contributed by atoms with Gasteiger partial charge in [-0.15, -0.1) is 0 Å². The fourth-order valence-electron chi connectivity index (χ4n) is 4.26. The number of amides is 1. The number of fused-ring (bicyclic) bond motifs is 1. The number of hydrogen-bond donors (Lipinski definition) is 1. The molecule has 0 bridgehead atoms. The molecule has 142 valence electrons. The average Bonchev–Trinajstić information content (AvgIpc) is 3.29. The van der Waals surface area contributed by atoms with Crippen molar-refractivity contribution in [2.24, 2.45) is 17.8 Å². The minimum Gasteiger partial charge on any atom is -0.444 e. The number of aliphatic hydroxyl groups excluding tert-OH is 1. The van der Waals surface area contributed by atoms with Crippen molar-refractivity contribution in [2.45, 2.75) is 70.6 Å². The Morgan fingerprint density at radius 3 is 2.52 bits per heavy atom. The Morgan fingerprint density at radius 2 is 1.92 bits per heavy atom. The lowest BCUT2D eigenvalue weighted by Gasteiger charge is -2.29. The van der Waals surface area contributed by atoms with Crippen molar-refractivity contribution < 1.29 is 24.2 Å². The highest BCUT2D eigenvalue weighted by Crippen LogP contribution is 2.42. The van der Waals surface area contributed by atoms with E-state index in [1.54, 1.807) is 0 Å². The highest BCUT2D eigenvalue weighted by molar-refractivity contribution is 5.89. The number of ether oxygens (including phenoxy) is 2. The van der Waals surface area contributed by atoms with Crippen molar-refractivity contribution in [3.05, 3.63) is 0 Å². The number of ketones is 1. The van der Waals surface area contributed by atoms with Crippen LogP contribution in [0, 0.1) is 17.8 Å². The maximum absolute atomic E-state index is 12.6. The third-order valence-corrected chi connectivity index (χ3v) is 5.49. The maximum Gasteiger partial charge on any atom is 0.411 e. The highest BCUT2D eigenvalue weighted by Gasteiger charge is 2.50. The lowest BCUT2D eigenvalue weighted by Crippen LogP contribution is -2.48. The van der Waals surface area contributed by atoms with Crippen LogP contribution in [0.5, 0.6) is 0 Å². The molecule has 1 N–H and O–H groups in total.